The Morgan fingerprint density at radius 3 is 1.50 bits per heavy atom. The summed E-state index contributed by atoms with van der Waals surface area (Å²) < 4.78 is 52.4. The molecule has 4 nitrogen and oxygen atoms in total. The molecule has 38 heavy (non-hydrogen) atoms. The average Bonchev–Trinajstić information content (AvgIpc) is 2.92. The number of hydrogen-bond acceptors (Lipinski definition) is 4. The minimum absolute atomic E-state index is 0.114. The third-order valence-corrected chi connectivity index (χ3v) is 5.37. The van der Waals surface area contributed by atoms with Gasteiger partial charge in [-0.05, 0) is 92.4 Å². The van der Waals surface area contributed by atoms with Gasteiger partial charge in [0.1, 0.15) is 11.5 Å². The molecule has 0 spiro atoms. The Kier molecular flexibility index (Phi) is 11.1. The summed E-state index contributed by atoms with van der Waals surface area (Å²) in [7, 11) is 0. The number of halogens is 3. The first kappa shape index (κ1) is 28.7. The molecule has 3 aromatic rings. The Morgan fingerprint density at radius 1 is 0.579 bits per heavy atom. The summed E-state index contributed by atoms with van der Waals surface area (Å²) in [5, 5.41) is 17.6. The standard InChI is InChI=1S/C31H29F3O4/c32-31(33,34)30-23-26(6-5-24-9-15-28(16-10-24)37-21-3-1-19-35)8-14-27(30)13-7-25-11-17-29(18-12-25)38-22-4-2-20-36/h8-12,14-18,23,35-36H,1-4,19-22H2. The Balaban J connectivity index is 1.70. The zero-order valence-corrected chi connectivity index (χ0v) is 20.9. The minimum Gasteiger partial charge on any atom is -0.494 e. The number of rotatable bonds is 10. The lowest BCUT2D eigenvalue weighted by Gasteiger charge is -2.09. The van der Waals surface area contributed by atoms with E-state index < -0.39 is 11.7 Å². The molecule has 0 aliphatic carbocycles. The molecule has 0 saturated heterocycles. The second-order valence-corrected chi connectivity index (χ2v) is 8.37. The molecule has 198 valence electrons. The van der Waals surface area contributed by atoms with E-state index in [2.05, 4.69) is 23.7 Å². The first-order chi connectivity index (χ1) is 18.4. The Hall–Kier alpha value is -3.91. The van der Waals surface area contributed by atoms with Gasteiger partial charge in [0.15, 0.2) is 0 Å². The van der Waals surface area contributed by atoms with E-state index in [1.807, 2.05) is 0 Å². The molecule has 0 fully saturated rings. The quantitative estimate of drug-likeness (QED) is 0.261. The smallest absolute Gasteiger partial charge is 0.417 e. The van der Waals surface area contributed by atoms with Gasteiger partial charge >= 0.3 is 6.18 Å². The van der Waals surface area contributed by atoms with Gasteiger partial charge in [-0.1, -0.05) is 23.7 Å². The number of aliphatic hydroxyl groups excluding tert-OH is 2. The van der Waals surface area contributed by atoms with Crippen molar-refractivity contribution in [2.24, 2.45) is 0 Å². The van der Waals surface area contributed by atoms with Crippen molar-refractivity contribution >= 4 is 0 Å². The van der Waals surface area contributed by atoms with E-state index in [0.717, 1.165) is 18.9 Å². The van der Waals surface area contributed by atoms with E-state index in [9.17, 15) is 13.2 Å². The number of unbranched alkanes of at least 4 members (excludes halogenated alkanes) is 2. The van der Waals surface area contributed by atoms with Gasteiger partial charge < -0.3 is 19.7 Å². The van der Waals surface area contributed by atoms with E-state index in [-0.39, 0.29) is 24.3 Å². The van der Waals surface area contributed by atoms with Gasteiger partial charge in [-0.2, -0.15) is 13.2 Å². The fraction of sp³-hybridized carbons (Fsp3) is 0.290. The SMILES string of the molecule is OCCCCOc1ccc(C#Cc2ccc(C#Cc3ccc(OCCCCO)cc3)c(C(F)(F)F)c2)cc1. The van der Waals surface area contributed by atoms with Crippen LogP contribution in [0.1, 0.15) is 53.5 Å². The van der Waals surface area contributed by atoms with Gasteiger partial charge in [0.2, 0.25) is 0 Å². The van der Waals surface area contributed by atoms with Crippen molar-refractivity contribution in [2.45, 2.75) is 31.9 Å². The molecule has 3 rings (SSSR count). The molecule has 3 aromatic carbocycles. The molecular formula is C31H29F3O4. The van der Waals surface area contributed by atoms with Gasteiger partial charge in [0.05, 0.1) is 18.8 Å². The molecule has 0 heterocycles. The van der Waals surface area contributed by atoms with Crippen LogP contribution < -0.4 is 9.47 Å². The van der Waals surface area contributed by atoms with Gasteiger partial charge in [-0.3, -0.25) is 0 Å². The van der Waals surface area contributed by atoms with Crippen LogP contribution >= 0.6 is 0 Å². The summed E-state index contributed by atoms with van der Waals surface area (Å²) in [5.41, 5.74) is 0.466. The zero-order valence-electron chi connectivity index (χ0n) is 20.9. The largest absolute Gasteiger partial charge is 0.494 e. The summed E-state index contributed by atoms with van der Waals surface area (Å²) >= 11 is 0. The van der Waals surface area contributed by atoms with Gasteiger partial charge in [0.25, 0.3) is 0 Å². The van der Waals surface area contributed by atoms with Crippen LogP contribution in [0.5, 0.6) is 11.5 Å². The van der Waals surface area contributed by atoms with E-state index >= 15 is 0 Å². The number of ether oxygens (including phenoxy) is 2. The molecule has 0 saturated carbocycles. The first-order valence-electron chi connectivity index (χ1n) is 12.3. The van der Waals surface area contributed by atoms with Gasteiger partial charge in [-0.15, -0.1) is 0 Å². The second-order valence-electron chi connectivity index (χ2n) is 8.37. The zero-order chi connectivity index (χ0) is 27.2. The summed E-state index contributed by atoms with van der Waals surface area (Å²) in [6.07, 6.45) is -1.78. The number of benzene rings is 3. The van der Waals surface area contributed by atoms with Crippen LogP contribution in [0.25, 0.3) is 0 Å². The lowest BCUT2D eigenvalue weighted by atomic mass is 10.0. The predicted molar refractivity (Wildman–Crippen MR) is 140 cm³/mol. The molecule has 0 unspecified atom stereocenters. The summed E-state index contributed by atoms with van der Waals surface area (Å²) in [5.74, 6) is 12.4. The average molecular weight is 523 g/mol. The normalized spacial score (nSPS) is 10.7. The topological polar surface area (TPSA) is 58.9 Å². The molecular weight excluding hydrogens is 493 g/mol. The van der Waals surface area contributed by atoms with Crippen molar-refractivity contribution in [1.29, 1.82) is 0 Å². The highest BCUT2D eigenvalue weighted by molar-refractivity contribution is 5.53. The minimum atomic E-state index is -4.58. The second kappa shape index (κ2) is 14.7. The summed E-state index contributed by atoms with van der Waals surface area (Å²) in [4.78, 5) is 0. The summed E-state index contributed by atoms with van der Waals surface area (Å²) in [6.45, 7) is 1.20. The lowest BCUT2D eigenvalue weighted by molar-refractivity contribution is -0.137. The number of alkyl halides is 3. The highest BCUT2D eigenvalue weighted by atomic mass is 19.4. The Labute approximate surface area is 221 Å². The predicted octanol–water partition coefficient (Wildman–Crippen LogP) is 5.81. The lowest BCUT2D eigenvalue weighted by Crippen LogP contribution is -2.08. The highest BCUT2D eigenvalue weighted by Crippen LogP contribution is 2.32. The Bertz CT molecular complexity index is 1280. The van der Waals surface area contributed by atoms with Crippen LogP contribution in [0.2, 0.25) is 0 Å². The molecule has 0 amide bonds. The van der Waals surface area contributed by atoms with Crippen molar-refractivity contribution < 1.29 is 32.9 Å². The van der Waals surface area contributed by atoms with Crippen LogP contribution in [0.4, 0.5) is 13.2 Å². The fourth-order valence-corrected chi connectivity index (χ4v) is 3.33. The molecule has 0 aromatic heterocycles. The van der Waals surface area contributed by atoms with Gasteiger partial charge in [-0.25, -0.2) is 0 Å². The van der Waals surface area contributed by atoms with Gasteiger partial charge in [0, 0.05) is 35.5 Å². The molecule has 7 heteroatoms. The van der Waals surface area contributed by atoms with Crippen molar-refractivity contribution in [1.82, 2.24) is 0 Å². The van der Waals surface area contributed by atoms with Crippen molar-refractivity contribution in [3.8, 4) is 35.2 Å². The van der Waals surface area contributed by atoms with E-state index in [1.165, 1.54) is 12.1 Å². The third-order valence-electron chi connectivity index (χ3n) is 5.37. The Morgan fingerprint density at radius 2 is 1.03 bits per heavy atom. The molecule has 0 bridgehead atoms. The van der Waals surface area contributed by atoms with Crippen LogP contribution in [-0.4, -0.2) is 36.6 Å². The monoisotopic (exact) mass is 522 g/mol. The molecule has 0 radical (unpaired) electrons. The highest BCUT2D eigenvalue weighted by Gasteiger charge is 2.33. The van der Waals surface area contributed by atoms with Crippen LogP contribution in [0.3, 0.4) is 0 Å². The molecule has 0 aliphatic heterocycles. The van der Waals surface area contributed by atoms with E-state index in [1.54, 1.807) is 48.5 Å². The maximum atomic E-state index is 13.8. The van der Waals surface area contributed by atoms with Crippen molar-refractivity contribution in [3.05, 3.63) is 94.5 Å². The first-order valence-corrected chi connectivity index (χ1v) is 12.3. The number of aliphatic hydroxyl groups is 2. The molecule has 2 N–H and O–H groups in total. The van der Waals surface area contributed by atoms with Crippen LogP contribution in [0, 0.1) is 23.7 Å². The maximum Gasteiger partial charge on any atom is 0.417 e. The van der Waals surface area contributed by atoms with E-state index in [0.29, 0.717) is 48.7 Å². The molecule has 0 atom stereocenters. The number of hydrogen-bond donors (Lipinski definition) is 2. The van der Waals surface area contributed by atoms with Crippen molar-refractivity contribution in [2.75, 3.05) is 26.4 Å². The third kappa shape index (κ3) is 9.52. The fourth-order valence-electron chi connectivity index (χ4n) is 3.33. The van der Waals surface area contributed by atoms with Crippen LogP contribution in [0.15, 0.2) is 66.7 Å². The molecule has 0 aliphatic rings. The summed E-state index contributed by atoms with van der Waals surface area (Å²) in [6, 6.07) is 17.6. The van der Waals surface area contributed by atoms with E-state index in [4.69, 9.17) is 19.7 Å². The maximum absolute atomic E-state index is 13.8. The van der Waals surface area contributed by atoms with Crippen LogP contribution in [-0.2, 0) is 6.18 Å². The van der Waals surface area contributed by atoms with Crippen molar-refractivity contribution in [3.63, 3.8) is 0 Å².